The molecule has 0 N–H and O–H groups in total. The van der Waals surface area contributed by atoms with Gasteiger partial charge in [-0.05, 0) is 87.4 Å². The number of hydrogen-bond acceptors (Lipinski definition) is 0. The van der Waals surface area contributed by atoms with E-state index in [4.69, 9.17) is 0 Å². The quantitative estimate of drug-likeness (QED) is 0.501. The number of allylic oxidation sites excluding steroid dienone is 8. The molecule has 3 rings (SSSR count). The Bertz CT molecular complexity index is 726. The fraction of sp³-hybridized carbons (Fsp3) is 0.417. The summed E-state index contributed by atoms with van der Waals surface area (Å²) < 4.78 is 0. The predicted octanol–water partition coefficient (Wildman–Crippen LogP) is 7.31. The molecule has 0 amide bonds. The lowest BCUT2D eigenvalue weighted by atomic mass is 9.92. The lowest BCUT2D eigenvalue weighted by Crippen LogP contribution is -2.17. The minimum absolute atomic E-state index is 0.418. The first-order valence-electron chi connectivity index (χ1n) is 9.49. The fourth-order valence-electron chi connectivity index (χ4n) is 4.72. The molecule has 0 bridgehead atoms. The predicted molar refractivity (Wildman–Crippen MR) is 113 cm³/mol. The van der Waals surface area contributed by atoms with Crippen molar-refractivity contribution in [1.29, 1.82) is 0 Å². The van der Waals surface area contributed by atoms with E-state index in [0.29, 0.717) is 11.8 Å². The summed E-state index contributed by atoms with van der Waals surface area (Å²) in [5.41, 5.74) is 6.06. The van der Waals surface area contributed by atoms with Gasteiger partial charge in [0, 0.05) is 0 Å². The largest absolute Gasteiger partial charge is 0.0725 e. The van der Waals surface area contributed by atoms with Crippen LogP contribution in [0.5, 0.6) is 0 Å². The van der Waals surface area contributed by atoms with Gasteiger partial charge in [-0.3, -0.25) is 0 Å². The molecule has 1 aromatic carbocycles. The highest BCUT2D eigenvalue weighted by Crippen LogP contribution is 2.62. The maximum absolute atomic E-state index is 2.43. The van der Waals surface area contributed by atoms with Gasteiger partial charge in [-0.2, -0.15) is 0 Å². The molecule has 2 unspecified atom stereocenters. The smallest absolute Gasteiger partial charge is 0.0140 e. The monoisotopic (exact) mass is 350 g/mol. The van der Waals surface area contributed by atoms with E-state index in [1.54, 1.807) is 10.6 Å². The molecule has 132 valence electrons. The van der Waals surface area contributed by atoms with Gasteiger partial charge in [0.15, 0.2) is 0 Å². The Hall–Kier alpha value is -1.39. The second-order valence-corrected chi connectivity index (χ2v) is 10.2. The molecule has 1 heteroatoms. The first kappa shape index (κ1) is 18.4. The zero-order valence-corrected chi connectivity index (χ0v) is 17.5. The minimum atomic E-state index is -0.418. The third-order valence-electron chi connectivity index (χ3n) is 5.42. The van der Waals surface area contributed by atoms with Crippen molar-refractivity contribution in [3.8, 4) is 0 Å². The van der Waals surface area contributed by atoms with Crippen LogP contribution in [-0.2, 0) is 0 Å². The highest BCUT2D eigenvalue weighted by molar-refractivity contribution is 7.73. The van der Waals surface area contributed by atoms with Crippen molar-refractivity contribution in [2.24, 2.45) is 11.8 Å². The fourth-order valence-corrected chi connectivity index (χ4v) is 7.90. The standard InChI is InChI=1S/C24H31P/c1-16-12-18(3)23(19(4)13-16)25(22-10-8-7-9-11-22)24-20(5)14-17(2)15-21(24)6/h7-12,14,19,21H,13,15H2,1-6H3. The van der Waals surface area contributed by atoms with Crippen molar-refractivity contribution >= 4 is 13.2 Å². The van der Waals surface area contributed by atoms with E-state index in [2.05, 4.69) is 84.0 Å². The summed E-state index contributed by atoms with van der Waals surface area (Å²) in [5, 5.41) is 4.91. The first-order chi connectivity index (χ1) is 11.9. The summed E-state index contributed by atoms with van der Waals surface area (Å²) in [5.74, 6) is 1.27. The molecule has 0 radical (unpaired) electrons. The van der Waals surface area contributed by atoms with Crippen molar-refractivity contribution in [3.05, 3.63) is 75.4 Å². The van der Waals surface area contributed by atoms with Crippen LogP contribution in [0.3, 0.4) is 0 Å². The molecule has 0 heterocycles. The highest BCUT2D eigenvalue weighted by atomic mass is 31.1. The molecule has 25 heavy (non-hydrogen) atoms. The summed E-state index contributed by atoms with van der Waals surface area (Å²) in [6.45, 7) is 14.1. The van der Waals surface area contributed by atoms with Gasteiger partial charge in [-0.15, -0.1) is 0 Å². The van der Waals surface area contributed by atoms with Crippen LogP contribution in [0.4, 0.5) is 0 Å². The molecule has 0 spiro atoms. The van der Waals surface area contributed by atoms with Crippen LogP contribution >= 0.6 is 7.92 Å². The molecular formula is C24H31P. The summed E-state index contributed by atoms with van der Waals surface area (Å²) in [4.78, 5) is 0. The molecule has 0 aromatic heterocycles. The Balaban J connectivity index is 2.22. The summed E-state index contributed by atoms with van der Waals surface area (Å²) in [6.07, 6.45) is 7.26. The first-order valence-corrected chi connectivity index (χ1v) is 10.8. The SMILES string of the molecule is CC1=CC(C)=C(P(C2=C(C)C=C(C)CC2C)c2ccccc2)C(C)C1. The van der Waals surface area contributed by atoms with Gasteiger partial charge in [0.2, 0.25) is 0 Å². The van der Waals surface area contributed by atoms with Crippen LogP contribution in [0.1, 0.15) is 54.4 Å². The molecule has 2 aliphatic rings. The molecule has 1 aromatic rings. The molecule has 0 nitrogen and oxygen atoms in total. The Morgan fingerprint density at radius 3 is 1.56 bits per heavy atom. The number of benzene rings is 1. The second kappa shape index (κ2) is 7.46. The minimum Gasteiger partial charge on any atom is -0.0725 e. The van der Waals surface area contributed by atoms with Crippen LogP contribution in [0.2, 0.25) is 0 Å². The number of hydrogen-bond donors (Lipinski definition) is 0. The molecule has 2 aliphatic carbocycles. The zero-order chi connectivity index (χ0) is 18.1. The van der Waals surface area contributed by atoms with Gasteiger partial charge >= 0.3 is 0 Å². The van der Waals surface area contributed by atoms with E-state index < -0.39 is 7.92 Å². The zero-order valence-electron chi connectivity index (χ0n) is 16.6. The van der Waals surface area contributed by atoms with Crippen molar-refractivity contribution < 1.29 is 0 Å². The van der Waals surface area contributed by atoms with Crippen LogP contribution < -0.4 is 5.30 Å². The van der Waals surface area contributed by atoms with Crippen LogP contribution in [-0.4, -0.2) is 0 Å². The van der Waals surface area contributed by atoms with Crippen LogP contribution in [0, 0.1) is 11.8 Å². The van der Waals surface area contributed by atoms with E-state index in [9.17, 15) is 0 Å². The average Bonchev–Trinajstić information content (AvgIpc) is 2.52. The van der Waals surface area contributed by atoms with Gasteiger partial charge in [0.05, 0.1) is 0 Å². The van der Waals surface area contributed by atoms with Crippen LogP contribution in [0.25, 0.3) is 0 Å². The lowest BCUT2D eigenvalue weighted by molar-refractivity contribution is 0.673. The lowest BCUT2D eigenvalue weighted by Gasteiger charge is -2.37. The average molecular weight is 350 g/mol. The van der Waals surface area contributed by atoms with Crippen molar-refractivity contribution in [2.45, 2.75) is 54.4 Å². The Morgan fingerprint density at radius 1 is 0.720 bits per heavy atom. The Kier molecular flexibility index (Phi) is 5.49. The van der Waals surface area contributed by atoms with E-state index in [0.717, 1.165) is 0 Å². The van der Waals surface area contributed by atoms with E-state index >= 15 is 0 Å². The van der Waals surface area contributed by atoms with E-state index in [1.807, 2.05) is 0 Å². The van der Waals surface area contributed by atoms with Crippen LogP contribution in [0.15, 0.2) is 75.4 Å². The number of rotatable bonds is 3. The summed E-state index contributed by atoms with van der Waals surface area (Å²) >= 11 is 0. The summed E-state index contributed by atoms with van der Waals surface area (Å²) in [6, 6.07) is 11.3. The molecule has 2 atom stereocenters. The normalized spacial score (nSPS) is 25.7. The van der Waals surface area contributed by atoms with Gasteiger partial charge in [-0.1, -0.05) is 67.5 Å². The van der Waals surface area contributed by atoms with Crippen molar-refractivity contribution in [2.75, 3.05) is 0 Å². The van der Waals surface area contributed by atoms with Crippen molar-refractivity contribution in [3.63, 3.8) is 0 Å². The molecule has 0 saturated heterocycles. The molecule has 0 saturated carbocycles. The highest BCUT2D eigenvalue weighted by Gasteiger charge is 2.32. The van der Waals surface area contributed by atoms with Crippen molar-refractivity contribution in [1.82, 2.24) is 0 Å². The molecular weight excluding hydrogens is 319 g/mol. The van der Waals surface area contributed by atoms with E-state index in [-0.39, 0.29) is 0 Å². The Labute approximate surface area is 155 Å². The van der Waals surface area contributed by atoms with E-state index in [1.165, 1.54) is 40.4 Å². The Morgan fingerprint density at radius 2 is 1.16 bits per heavy atom. The van der Waals surface area contributed by atoms with Gasteiger partial charge in [0.1, 0.15) is 0 Å². The third-order valence-corrected chi connectivity index (χ3v) is 8.79. The molecule has 0 fully saturated rings. The maximum atomic E-state index is 2.43. The maximum Gasteiger partial charge on any atom is -0.0140 e. The second-order valence-electron chi connectivity index (χ2n) is 8.00. The topological polar surface area (TPSA) is 0 Å². The van der Waals surface area contributed by atoms with Gasteiger partial charge < -0.3 is 0 Å². The summed E-state index contributed by atoms with van der Waals surface area (Å²) in [7, 11) is -0.418. The molecule has 0 aliphatic heterocycles. The van der Waals surface area contributed by atoms with Gasteiger partial charge in [0.25, 0.3) is 0 Å². The van der Waals surface area contributed by atoms with Gasteiger partial charge in [-0.25, -0.2) is 0 Å². The third kappa shape index (κ3) is 3.75.